The van der Waals surface area contributed by atoms with E-state index < -0.39 is 6.04 Å². The van der Waals surface area contributed by atoms with E-state index in [4.69, 9.17) is 4.98 Å². The van der Waals surface area contributed by atoms with Crippen molar-refractivity contribution in [1.82, 2.24) is 30.5 Å². The Morgan fingerprint density at radius 3 is 2.73 bits per heavy atom. The lowest BCUT2D eigenvalue weighted by Gasteiger charge is -2.12. The zero-order chi connectivity index (χ0) is 22.9. The van der Waals surface area contributed by atoms with Crippen molar-refractivity contribution < 1.29 is 14.0 Å². The van der Waals surface area contributed by atoms with Gasteiger partial charge in [-0.1, -0.05) is 42.5 Å². The van der Waals surface area contributed by atoms with Gasteiger partial charge in [0.15, 0.2) is 5.65 Å². The van der Waals surface area contributed by atoms with Crippen LogP contribution in [0.4, 0.5) is 4.39 Å². The molecule has 0 bridgehead atoms. The van der Waals surface area contributed by atoms with E-state index in [1.54, 1.807) is 41.1 Å². The molecule has 0 aliphatic carbocycles. The predicted octanol–water partition coefficient (Wildman–Crippen LogP) is 2.36. The fraction of sp³-hybridized carbons (Fsp3) is 0.167. The summed E-state index contributed by atoms with van der Waals surface area (Å²) in [6, 6.07) is 16.8. The average Bonchev–Trinajstić information content (AvgIpc) is 3.35. The largest absolute Gasteiger partial charge is 0.339 e. The number of pyridine rings is 1. The van der Waals surface area contributed by atoms with E-state index >= 15 is 0 Å². The molecule has 1 aliphatic heterocycles. The zero-order valence-corrected chi connectivity index (χ0v) is 17.8. The first-order chi connectivity index (χ1) is 16.0. The number of nitrogens with one attached hydrogen (secondary N) is 2. The fourth-order valence-corrected chi connectivity index (χ4v) is 3.93. The van der Waals surface area contributed by atoms with E-state index in [1.807, 2.05) is 30.3 Å². The maximum atomic E-state index is 13.7. The normalized spacial score (nSPS) is 16.2. The predicted molar refractivity (Wildman–Crippen MR) is 120 cm³/mol. The van der Waals surface area contributed by atoms with Gasteiger partial charge in [-0.05, 0) is 23.8 Å². The third-order valence-corrected chi connectivity index (χ3v) is 5.52. The van der Waals surface area contributed by atoms with Gasteiger partial charge in [0.1, 0.15) is 11.9 Å². The van der Waals surface area contributed by atoms with Gasteiger partial charge in [-0.3, -0.25) is 15.0 Å². The quantitative estimate of drug-likeness (QED) is 0.493. The summed E-state index contributed by atoms with van der Waals surface area (Å²) >= 11 is 0. The Morgan fingerprint density at radius 2 is 2.00 bits per heavy atom. The molecule has 2 N–H and O–H groups in total. The molecule has 2 aromatic heterocycles. The average molecular weight is 444 g/mol. The second kappa shape index (κ2) is 8.44. The van der Waals surface area contributed by atoms with Gasteiger partial charge < -0.3 is 5.32 Å². The Labute approximate surface area is 189 Å². The number of benzene rings is 2. The molecule has 9 heteroatoms. The number of carbonyl (C=O) groups is 2. The molecule has 4 aromatic rings. The lowest BCUT2D eigenvalue weighted by Crippen LogP contribution is -2.41. The molecule has 2 aromatic carbocycles. The molecule has 5 rings (SSSR count). The van der Waals surface area contributed by atoms with Gasteiger partial charge in [-0.25, -0.2) is 19.1 Å². The smallest absolute Gasteiger partial charge is 0.258 e. The Morgan fingerprint density at radius 1 is 1.18 bits per heavy atom. The third kappa shape index (κ3) is 4.18. The molecule has 1 aliphatic rings. The van der Waals surface area contributed by atoms with Crippen LogP contribution in [-0.2, 0) is 11.3 Å². The van der Waals surface area contributed by atoms with Gasteiger partial charge in [0.25, 0.3) is 11.8 Å². The topological polar surface area (TPSA) is 92.2 Å². The van der Waals surface area contributed by atoms with Crippen LogP contribution >= 0.6 is 0 Å². The minimum Gasteiger partial charge on any atom is -0.339 e. The van der Waals surface area contributed by atoms with Crippen LogP contribution in [0.5, 0.6) is 0 Å². The molecule has 0 unspecified atom stereocenters. The summed E-state index contributed by atoms with van der Waals surface area (Å²) in [4.78, 5) is 30.1. The highest BCUT2D eigenvalue weighted by Crippen LogP contribution is 2.25. The fourth-order valence-electron chi connectivity index (χ4n) is 3.93. The summed E-state index contributed by atoms with van der Waals surface area (Å²) < 4.78 is 15.3. The van der Waals surface area contributed by atoms with Crippen LogP contribution in [0.15, 0.2) is 66.9 Å². The summed E-state index contributed by atoms with van der Waals surface area (Å²) in [6.07, 6.45) is 1.58. The number of fused-ring (bicyclic) bond motifs is 1. The van der Waals surface area contributed by atoms with Crippen molar-refractivity contribution in [2.24, 2.45) is 0 Å². The highest BCUT2D eigenvalue weighted by Gasteiger charge is 2.30. The van der Waals surface area contributed by atoms with Crippen molar-refractivity contribution in [2.75, 3.05) is 13.6 Å². The first kappa shape index (κ1) is 20.8. The summed E-state index contributed by atoms with van der Waals surface area (Å²) in [5.41, 5.74) is 5.68. The minimum atomic E-state index is -0.659. The molecule has 0 radical (unpaired) electrons. The molecular weight excluding hydrogens is 423 g/mol. The number of hydrogen-bond donors (Lipinski definition) is 2. The zero-order valence-electron chi connectivity index (χ0n) is 17.8. The first-order valence-electron chi connectivity index (χ1n) is 10.5. The van der Waals surface area contributed by atoms with Crippen LogP contribution in [0, 0.1) is 5.82 Å². The maximum absolute atomic E-state index is 13.7. The van der Waals surface area contributed by atoms with Crippen LogP contribution < -0.4 is 10.7 Å². The number of nitrogens with zero attached hydrogens (tertiary/aromatic N) is 4. The van der Waals surface area contributed by atoms with Gasteiger partial charge in [0.2, 0.25) is 0 Å². The second-order valence-corrected chi connectivity index (χ2v) is 7.97. The van der Waals surface area contributed by atoms with Gasteiger partial charge >= 0.3 is 0 Å². The van der Waals surface area contributed by atoms with Crippen LogP contribution in [-0.4, -0.2) is 51.2 Å². The maximum Gasteiger partial charge on any atom is 0.258 e. The van der Waals surface area contributed by atoms with Crippen LogP contribution in [0.25, 0.3) is 22.3 Å². The van der Waals surface area contributed by atoms with Gasteiger partial charge in [-0.15, -0.1) is 0 Å². The molecule has 3 heterocycles. The summed E-state index contributed by atoms with van der Waals surface area (Å²) in [7, 11) is 1.73. The van der Waals surface area contributed by atoms with Crippen LogP contribution in [0.1, 0.15) is 15.9 Å². The molecule has 8 nitrogen and oxygen atoms in total. The summed E-state index contributed by atoms with van der Waals surface area (Å²) in [5.74, 6) is -0.983. The molecule has 1 atom stereocenters. The number of likely N-dealkylation sites (N-methyl/N-ethyl adjacent to an activating group) is 1. The van der Waals surface area contributed by atoms with Crippen molar-refractivity contribution in [1.29, 1.82) is 0 Å². The van der Waals surface area contributed by atoms with E-state index in [0.717, 1.165) is 11.1 Å². The first-order valence-corrected chi connectivity index (χ1v) is 10.5. The highest BCUT2D eigenvalue weighted by atomic mass is 19.1. The van der Waals surface area contributed by atoms with Crippen molar-refractivity contribution >= 4 is 22.8 Å². The molecule has 1 fully saturated rings. The molecule has 166 valence electrons. The number of carbonyl (C=O) groups excluding carboxylic acids is 2. The molecular formula is C24H21FN6O2. The molecule has 2 amide bonds. The van der Waals surface area contributed by atoms with Gasteiger partial charge in [-0.2, -0.15) is 5.10 Å². The molecule has 33 heavy (non-hydrogen) atoms. The Hall–Kier alpha value is -4.11. The number of aromatic nitrogens is 3. The standard InChI is InChI=1S/C24H21FN6O2/c1-30-14-21(24(33)29-30)28-23(32)18-11-20(16-7-3-2-4-8-16)27-22-19(18)12-26-31(22)13-15-6-5-9-17(25)10-15/h2-12,21H,13-14H2,1H3,(H,28,32)(H,29,33)/t21-/m0/s1. The van der Waals surface area contributed by atoms with Crippen LogP contribution in [0.3, 0.4) is 0 Å². The van der Waals surface area contributed by atoms with Crippen molar-refractivity contribution in [3.05, 3.63) is 83.8 Å². The lowest BCUT2D eigenvalue weighted by molar-refractivity contribution is -0.122. The molecule has 0 saturated carbocycles. The van der Waals surface area contributed by atoms with Gasteiger partial charge in [0, 0.05) is 19.2 Å². The number of hydrazine groups is 1. The Kier molecular flexibility index (Phi) is 5.31. The Bertz CT molecular complexity index is 1350. The van der Waals surface area contributed by atoms with Crippen molar-refractivity contribution in [3.63, 3.8) is 0 Å². The van der Waals surface area contributed by atoms with E-state index in [1.165, 1.54) is 12.1 Å². The monoisotopic (exact) mass is 444 g/mol. The van der Waals surface area contributed by atoms with E-state index in [0.29, 0.717) is 35.4 Å². The second-order valence-electron chi connectivity index (χ2n) is 7.97. The van der Waals surface area contributed by atoms with E-state index in [2.05, 4.69) is 15.8 Å². The molecule has 1 saturated heterocycles. The van der Waals surface area contributed by atoms with Gasteiger partial charge in [0.05, 0.1) is 29.4 Å². The number of halogens is 1. The highest BCUT2D eigenvalue weighted by molar-refractivity contribution is 6.07. The number of rotatable bonds is 5. The van der Waals surface area contributed by atoms with E-state index in [9.17, 15) is 14.0 Å². The summed E-state index contributed by atoms with van der Waals surface area (Å²) in [5, 5.41) is 9.40. The Balaban J connectivity index is 1.58. The third-order valence-electron chi connectivity index (χ3n) is 5.52. The van der Waals surface area contributed by atoms with Crippen molar-refractivity contribution in [2.45, 2.75) is 12.6 Å². The SMILES string of the molecule is CN1C[C@H](NC(=O)c2cc(-c3ccccc3)nc3c2cnn3Cc2cccc(F)c2)C(=O)N1. The van der Waals surface area contributed by atoms with E-state index in [-0.39, 0.29) is 17.6 Å². The van der Waals surface area contributed by atoms with Crippen LogP contribution in [0.2, 0.25) is 0 Å². The minimum absolute atomic E-state index is 0.263. The van der Waals surface area contributed by atoms with Crippen molar-refractivity contribution in [3.8, 4) is 11.3 Å². The number of hydrogen-bond acceptors (Lipinski definition) is 5. The summed E-state index contributed by atoms with van der Waals surface area (Å²) in [6.45, 7) is 0.659. The lowest BCUT2D eigenvalue weighted by atomic mass is 10.1. The molecule has 0 spiro atoms. The number of amides is 2.